The SMILES string of the molecule is Cn1ccc(C(=O)NC(C)(C)C(C)(C)O)cc1=O. The molecular formula is C13H20N2O3. The Balaban J connectivity index is 2.96. The van der Waals surface area contributed by atoms with Crippen molar-refractivity contribution in [2.75, 3.05) is 0 Å². The van der Waals surface area contributed by atoms with Crippen molar-refractivity contribution in [3.8, 4) is 0 Å². The first-order valence-corrected chi connectivity index (χ1v) is 5.76. The molecule has 2 N–H and O–H groups in total. The second-order valence-electron chi connectivity index (χ2n) is 5.50. The first kappa shape index (κ1) is 14.4. The Kier molecular flexibility index (Phi) is 3.67. The van der Waals surface area contributed by atoms with Crippen LogP contribution in [-0.4, -0.2) is 26.7 Å². The van der Waals surface area contributed by atoms with Crippen molar-refractivity contribution in [1.82, 2.24) is 9.88 Å². The molecule has 0 aliphatic carbocycles. The smallest absolute Gasteiger partial charge is 0.252 e. The number of carbonyl (C=O) groups is 1. The Labute approximate surface area is 106 Å². The fraction of sp³-hybridized carbons (Fsp3) is 0.538. The normalized spacial score (nSPS) is 12.3. The Bertz CT molecular complexity index is 510. The Hall–Kier alpha value is -1.62. The van der Waals surface area contributed by atoms with E-state index < -0.39 is 11.1 Å². The summed E-state index contributed by atoms with van der Waals surface area (Å²) >= 11 is 0. The molecule has 0 aromatic carbocycles. The molecule has 1 aromatic heterocycles. The molecule has 5 heteroatoms. The topological polar surface area (TPSA) is 71.3 Å². The molecule has 0 aliphatic heterocycles. The highest BCUT2D eigenvalue weighted by atomic mass is 16.3. The molecule has 0 fully saturated rings. The van der Waals surface area contributed by atoms with Crippen molar-refractivity contribution in [2.24, 2.45) is 7.05 Å². The number of aryl methyl sites for hydroxylation is 1. The number of amides is 1. The highest BCUT2D eigenvalue weighted by Gasteiger charge is 2.36. The Morgan fingerprint density at radius 1 is 1.33 bits per heavy atom. The first-order valence-electron chi connectivity index (χ1n) is 5.76. The molecule has 0 spiro atoms. The standard InChI is InChI=1S/C13H20N2O3/c1-12(2,13(3,4)18)14-11(17)9-6-7-15(5)10(16)8-9/h6-8,18H,1-5H3,(H,14,17). The van der Waals surface area contributed by atoms with Crippen molar-refractivity contribution in [3.05, 3.63) is 34.2 Å². The van der Waals surface area contributed by atoms with Crippen molar-refractivity contribution in [2.45, 2.75) is 38.8 Å². The lowest BCUT2D eigenvalue weighted by atomic mass is 9.86. The summed E-state index contributed by atoms with van der Waals surface area (Å²) in [5, 5.41) is 12.7. The van der Waals surface area contributed by atoms with Crippen LogP contribution in [0.3, 0.4) is 0 Å². The van der Waals surface area contributed by atoms with Gasteiger partial charge in [-0.25, -0.2) is 0 Å². The zero-order valence-electron chi connectivity index (χ0n) is 11.4. The molecule has 0 saturated carbocycles. The number of hydrogen-bond donors (Lipinski definition) is 2. The lowest BCUT2D eigenvalue weighted by Gasteiger charge is -2.37. The lowest BCUT2D eigenvalue weighted by molar-refractivity contribution is -0.00293. The van der Waals surface area contributed by atoms with Gasteiger partial charge >= 0.3 is 0 Å². The summed E-state index contributed by atoms with van der Waals surface area (Å²) < 4.78 is 1.39. The highest BCUT2D eigenvalue weighted by Crippen LogP contribution is 2.20. The maximum Gasteiger partial charge on any atom is 0.252 e. The summed E-state index contributed by atoms with van der Waals surface area (Å²) in [7, 11) is 1.62. The van der Waals surface area contributed by atoms with E-state index in [9.17, 15) is 14.7 Å². The third kappa shape index (κ3) is 2.98. The third-order valence-corrected chi connectivity index (χ3v) is 3.32. The van der Waals surface area contributed by atoms with Gasteiger partial charge in [0.05, 0.1) is 11.1 Å². The minimum absolute atomic E-state index is 0.247. The van der Waals surface area contributed by atoms with Gasteiger partial charge in [-0.05, 0) is 33.8 Å². The summed E-state index contributed by atoms with van der Waals surface area (Å²) in [4.78, 5) is 23.4. The Morgan fingerprint density at radius 3 is 2.33 bits per heavy atom. The van der Waals surface area contributed by atoms with E-state index in [0.717, 1.165) is 0 Å². The van der Waals surface area contributed by atoms with Crippen LogP contribution in [0.1, 0.15) is 38.1 Å². The quantitative estimate of drug-likeness (QED) is 0.830. The predicted molar refractivity (Wildman–Crippen MR) is 69.5 cm³/mol. The molecule has 1 heterocycles. The monoisotopic (exact) mass is 252 g/mol. The van der Waals surface area contributed by atoms with Gasteiger partial charge in [-0.1, -0.05) is 0 Å². The molecule has 1 rings (SSSR count). The summed E-state index contributed by atoms with van der Waals surface area (Å²) in [5.41, 5.74) is -1.83. The van der Waals surface area contributed by atoms with Crippen LogP contribution < -0.4 is 10.9 Å². The highest BCUT2D eigenvalue weighted by molar-refractivity contribution is 5.94. The number of hydrogen-bond acceptors (Lipinski definition) is 3. The molecule has 18 heavy (non-hydrogen) atoms. The zero-order chi connectivity index (χ0) is 14.1. The summed E-state index contributed by atoms with van der Waals surface area (Å²) in [6.45, 7) is 6.70. The van der Waals surface area contributed by atoms with Crippen molar-refractivity contribution < 1.29 is 9.90 Å². The van der Waals surface area contributed by atoms with E-state index in [1.807, 2.05) is 0 Å². The predicted octanol–water partition coefficient (Wildman–Crippen LogP) is 0.665. The van der Waals surface area contributed by atoms with Crippen LogP contribution in [0.4, 0.5) is 0 Å². The molecule has 1 aromatic rings. The van der Waals surface area contributed by atoms with Crippen LogP contribution >= 0.6 is 0 Å². The van der Waals surface area contributed by atoms with Gasteiger partial charge in [-0.2, -0.15) is 0 Å². The number of aliphatic hydroxyl groups is 1. The van der Waals surface area contributed by atoms with E-state index in [4.69, 9.17) is 0 Å². The van der Waals surface area contributed by atoms with E-state index >= 15 is 0 Å². The zero-order valence-corrected chi connectivity index (χ0v) is 11.4. The molecule has 0 bridgehead atoms. The minimum Gasteiger partial charge on any atom is -0.388 e. The van der Waals surface area contributed by atoms with Gasteiger partial charge in [0, 0.05) is 24.9 Å². The van der Waals surface area contributed by atoms with E-state index in [0.29, 0.717) is 0 Å². The summed E-state index contributed by atoms with van der Waals surface area (Å²) in [5.74, 6) is -0.375. The Morgan fingerprint density at radius 2 is 1.89 bits per heavy atom. The van der Waals surface area contributed by atoms with Crippen LogP contribution in [0.2, 0.25) is 0 Å². The van der Waals surface area contributed by atoms with Gasteiger partial charge in [0.1, 0.15) is 0 Å². The number of pyridine rings is 1. The van der Waals surface area contributed by atoms with E-state index in [1.54, 1.807) is 40.8 Å². The minimum atomic E-state index is -1.07. The first-order chi connectivity index (χ1) is 8.04. The van der Waals surface area contributed by atoms with Crippen LogP contribution in [0.5, 0.6) is 0 Å². The second-order valence-corrected chi connectivity index (χ2v) is 5.50. The van der Waals surface area contributed by atoms with Gasteiger partial charge in [-0.15, -0.1) is 0 Å². The van der Waals surface area contributed by atoms with Gasteiger partial charge < -0.3 is 15.0 Å². The second kappa shape index (κ2) is 4.57. The van der Waals surface area contributed by atoms with Gasteiger partial charge in [-0.3, -0.25) is 9.59 Å². The molecule has 0 radical (unpaired) electrons. The number of nitrogens with one attached hydrogen (secondary N) is 1. The number of rotatable bonds is 3. The average molecular weight is 252 g/mol. The molecule has 5 nitrogen and oxygen atoms in total. The van der Waals surface area contributed by atoms with Crippen LogP contribution in [0.15, 0.2) is 23.1 Å². The number of carbonyl (C=O) groups excluding carboxylic acids is 1. The molecule has 0 aliphatic rings. The molecule has 0 saturated heterocycles. The van der Waals surface area contributed by atoms with Crippen molar-refractivity contribution >= 4 is 5.91 Å². The molecular weight excluding hydrogens is 232 g/mol. The average Bonchev–Trinajstić information content (AvgIpc) is 2.19. The maximum absolute atomic E-state index is 12.0. The van der Waals surface area contributed by atoms with E-state index in [1.165, 1.54) is 16.8 Å². The van der Waals surface area contributed by atoms with Crippen LogP contribution in [0, 0.1) is 0 Å². The molecule has 100 valence electrons. The molecule has 1 amide bonds. The number of nitrogens with zero attached hydrogens (tertiary/aromatic N) is 1. The van der Waals surface area contributed by atoms with Gasteiger partial charge in [0.25, 0.3) is 11.5 Å². The lowest BCUT2D eigenvalue weighted by Crippen LogP contribution is -2.57. The fourth-order valence-corrected chi connectivity index (χ4v) is 1.20. The van der Waals surface area contributed by atoms with Gasteiger partial charge in [0.2, 0.25) is 0 Å². The molecule has 0 atom stereocenters. The fourth-order valence-electron chi connectivity index (χ4n) is 1.20. The maximum atomic E-state index is 12.0. The number of aromatic nitrogens is 1. The van der Waals surface area contributed by atoms with Crippen molar-refractivity contribution in [3.63, 3.8) is 0 Å². The van der Waals surface area contributed by atoms with Crippen LogP contribution in [0.25, 0.3) is 0 Å². The largest absolute Gasteiger partial charge is 0.388 e. The van der Waals surface area contributed by atoms with E-state index in [2.05, 4.69) is 5.32 Å². The summed E-state index contributed by atoms with van der Waals surface area (Å²) in [6.07, 6.45) is 1.54. The summed E-state index contributed by atoms with van der Waals surface area (Å²) in [6, 6.07) is 2.84. The van der Waals surface area contributed by atoms with Crippen molar-refractivity contribution in [1.29, 1.82) is 0 Å². The van der Waals surface area contributed by atoms with Gasteiger partial charge in [0.15, 0.2) is 0 Å². The third-order valence-electron chi connectivity index (χ3n) is 3.32. The van der Waals surface area contributed by atoms with Crippen LogP contribution in [-0.2, 0) is 7.05 Å². The molecule has 0 unspecified atom stereocenters. The van der Waals surface area contributed by atoms with E-state index in [-0.39, 0.29) is 17.0 Å².